The smallest absolute Gasteiger partial charge is 0.318 e. The number of hydrogen-bond acceptors (Lipinski definition) is 7. The van der Waals surface area contributed by atoms with E-state index in [2.05, 4.69) is 40.2 Å². The molecule has 0 radical (unpaired) electrons. The molecule has 0 saturated heterocycles. The molecule has 0 aliphatic heterocycles. The van der Waals surface area contributed by atoms with Crippen LogP contribution in [0.2, 0.25) is 0 Å². The lowest BCUT2D eigenvalue weighted by Gasteiger charge is -2.25. The van der Waals surface area contributed by atoms with Gasteiger partial charge in [-0.05, 0) is 42.5 Å². The number of rotatable bonds is 8. The van der Waals surface area contributed by atoms with Crippen LogP contribution in [0.15, 0.2) is 83.2 Å². The third kappa shape index (κ3) is 5.22. The lowest BCUT2D eigenvalue weighted by molar-refractivity contribution is -0.141. The van der Waals surface area contributed by atoms with Gasteiger partial charge in [-0.1, -0.05) is 36.4 Å². The predicted octanol–water partition coefficient (Wildman–Crippen LogP) is 6.18. The summed E-state index contributed by atoms with van der Waals surface area (Å²) in [4.78, 5) is 28.9. The number of nitrogens with zero attached hydrogens (tertiary/aromatic N) is 2. The molecule has 0 unspecified atom stereocenters. The second-order valence-corrected chi connectivity index (χ2v) is 8.58. The van der Waals surface area contributed by atoms with Crippen molar-refractivity contribution in [2.75, 3.05) is 4.90 Å². The molecule has 0 amide bonds. The number of carbonyl (C=O) groups excluding carboxylic acids is 1. The molecule has 0 aliphatic rings. The molecule has 4 aromatic rings. The van der Waals surface area contributed by atoms with Crippen molar-refractivity contribution in [2.24, 2.45) is 0 Å². The molecule has 0 aliphatic carbocycles. The van der Waals surface area contributed by atoms with E-state index in [0.29, 0.717) is 4.34 Å². The molecular weight excluding hydrogens is 432 g/mol. The fourth-order valence-corrected chi connectivity index (χ4v) is 4.62. The zero-order chi connectivity index (χ0) is 21.6. The summed E-state index contributed by atoms with van der Waals surface area (Å²) in [5.74, 6) is -1.61. The maximum Gasteiger partial charge on any atom is 0.318 e. The maximum atomic E-state index is 11.7. The minimum atomic E-state index is -1.03. The van der Waals surface area contributed by atoms with E-state index in [9.17, 15) is 9.59 Å². The Morgan fingerprint density at radius 3 is 2.16 bits per heavy atom. The largest absolute Gasteiger partial charge is 0.481 e. The van der Waals surface area contributed by atoms with E-state index in [1.54, 1.807) is 0 Å². The van der Waals surface area contributed by atoms with Crippen molar-refractivity contribution in [3.8, 4) is 0 Å². The molecule has 0 saturated carbocycles. The lowest BCUT2D eigenvalue weighted by Crippen LogP contribution is -2.09. The Morgan fingerprint density at radius 1 is 0.903 bits per heavy atom. The number of aliphatic carboxylic acids is 1. The number of carbonyl (C=O) groups is 2. The molecule has 156 valence electrons. The van der Waals surface area contributed by atoms with Gasteiger partial charge in [-0.15, -0.1) is 11.3 Å². The summed E-state index contributed by atoms with van der Waals surface area (Å²) in [6.45, 7) is 0. The minimum absolute atomic E-state index is 0.166. The van der Waals surface area contributed by atoms with Gasteiger partial charge in [-0.25, -0.2) is 4.98 Å². The van der Waals surface area contributed by atoms with Gasteiger partial charge in [0.15, 0.2) is 4.34 Å². The first-order valence-electron chi connectivity index (χ1n) is 9.50. The third-order valence-electron chi connectivity index (χ3n) is 4.39. The second-order valence-electron chi connectivity index (χ2n) is 6.57. The number of fused-ring (bicyclic) bond motifs is 1. The number of benzene rings is 3. The highest BCUT2D eigenvalue weighted by molar-refractivity contribution is 7.97. The predicted molar refractivity (Wildman–Crippen MR) is 123 cm³/mol. The molecule has 6 nitrogen and oxygen atoms in total. The van der Waals surface area contributed by atoms with Gasteiger partial charge >= 0.3 is 11.9 Å². The van der Waals surface area contributed by atoms with E-state index in [0.717, 1.165) is 39.3 Å². The van der Waals surface area contributed by atoms with Gasteiger partial charge in [0.05, 0.1) is 23.1 Å². The molecule has 1 heterocycles. The van der Waals surface area contributed by atoms with Crippen LogP contribution in [0, 0.1) is 0 Å². The van der Waals surface area contributed by atoms with Crippen LogP contribution in [-0.2, 0) is 13.8 Å². The average molecular weight is 451 g/mol. The SMILES string of the molecule is O=C(O)CCC(=O)OSc1nc2ccc(N(c3ccccc3)c3ccccc3)cc2s1. The van der Waals surface area contributed by atoms with Gasteiger partial charge in [-0.2, -0.15) is 0 Å². The number of carboxylic acid groups (broad SMARTS) is 1. The van der Waals surface area contributed by atoms with E-state index >= 15 is 0 Å². The number of anilines is 3. The van der Waals surface area contributed by atoms with Gasteiger partial charge in [-0.3, -0.25) is 9.59 Å². The Hall–Kier alpha value is -3.36. The second kappa shape index (κ2) is 9.63. The van der Waals surface area contributed by atoms with Crippen molar-refractivity contribution in [1.82, 2.24) is 4.98 Å². The average Bonchev–Trinajstić information content (AvgIpc) is 3.20. The summed E-state index contributed by atoms with van der Waals surface area (Å²) in [7, 11) is 0. The van der Waals surface area contributed by atoms with E-state index in [1.165, 1.54) is 11.3 Å². The highest BCUT2D eigenvalue weighted by Gasteiger charge is 2.15. The fourth-order valence-electron chi connectivity index (χ4n) is 3.00. The highest BCUT2D eigenvalue weighted by Crippen LogP contribution is 2.38. The highest BCUT2D eigenvalue weighted by atomic mass is 32.2. The van der Waals surface area contributed by atoms with Gasteiger partial charge in [0.2, 0.25) is 0 Å². The molecule has 0 fully saturated rings. The lowest BCUT2D eigenvalue weighted by atomic mass is 10.2. The van der Waals surface area contributed by atoms with Crippen molar-refractivity contribution < 1.29 is 18.9 Å². The van der Waals surface area contributed by atoms with Crippen molar-refractivity contribution in [2.45, 2.75) is 17.2 Å². The monoisotopic (exact) mass is 450 g/mol. The summed E-state index contributed by atoms with van der Waals surface area (Å²) < 4.78 is 6.62. The molecular formula is C23H18N2O4S2. The molecule has 31 heavy (non-hydrogen) atoms. The van der Waals surface area contributed by atoms with Crippen molar-refractivity contribution in [3.05, 3.63) is 78.9 Å². The first-order chi connectivity index (χ1) is 15.1. The fraction of sp³-hybridized carbons (Fsp3) is 0.0870. The van der Waals surface area contributed by atoms with E-state index in [-0.39, 0.29) is 12.8 Å². The van der Waals surface area contributed by atoms with Crippen LogP contribution in [0.5, 0.6) is 0 Å². The maximum absolute atomic E-state index is 11.7. The Labute approximate surface area is 187 Å². The van der Waals surface area contributed by atoms with Crippen LogP contribution in [0.4, 0.5) is 17.1 Å². The van der Waals surface area contributed by atoms with Crippen LogP contribution in [-0.4, -0.2) is 22.0 Å². The van der Waals surface area contributed by atoms with Crippen LogP contribution in [0.3, 0.4) is 0 Å². The van der Waals surface area contributed by atoms with Gasteiger partial charge in [0, 0.05) is 17.1 Å². The molecule has 0 atom stereocenters. The first kappa shape index (κ1) is 20.9. The zero-order valence-corrected chi connectivity index (χ0v) is 17.9. The third-order valence-corrected chi connectivity index (χ3v) is 6.16. The number of thiazole rings is 1. The van der Waals surface area contributed by atoms with E-state index in [1.807, 2.05) is 48.5 Å². The number of aromatic nitrogens is 1. The number of hydrogen-bond donors (Lipinski definition) is 1. The number of para-hydroxylation sites is 2. The van der Waals surface area contributed by atoms with Crippen LogP contribution in [0.25, 0.3) is 10.2 Å². The minimum Gasteiger partial charge on any atom is -0.481 e. The molecule has 1 aromatic heterocycles. The zero-order valence-electron chi connectivity index (χ0n) is 16.3. The summed E-state index contributed by atoms with van der Waals surface area (Å²) in [6, 6.07) is 26.2. The van der Waals surface area contributed by atoms with Gasteiger partial charge in [0.25, 0.3) is 0 Å². The van der Waals surface area contributed by atoms with Gasteiger partial charge in [0.1, 0.15) is 12.0 Å². The van der Waals surface area contributed by atoms with Crippen LogP contribution >= 0.6 is 23.4 Å². The first-order valence-corrected chi connectivity index (χ1v) is 11.1. The Morgan fingerprint density at radius 2 is 1.55 bits per heavy atom. The molecule has 0 spiro atoms. The Balaban J connectivity index is 1.59. The molecule has 1 N–H and O–H groups in total. The van der Waals surface area contributed by atoms with Crippen molar-refractivity contribution in [3.63, 3.8) is 0 Å². The molecule has 4 rings (SSSR count). The Kier molecular flexibility index (Phi) is 6.49. The molecule has 8 heteroatoms. The van der Waals surface area contributed by atoms with Gasteiger partial charge < -0.3 is 14.2 Å². The van der Waals surface area contributed by atoms with E-state index in [4.69, 9.17) is 9.29 Å². The Bertz CT molecular complexity index is 1160. The summed E-state index contributed by atoms with van der Waals surface area (Å²) in [6.07, 6.45) is -0.419. The number of carboxylic acids is 1. The molecule has 0 bridgehead atoms. The van der Waals surface area contributed by atoms with Crippen LogP contribution < -0.4 is 4.90 Å². The van der Waals surface area contributed by atoms with E-state index < -0.39 is 11.9 Å². The van der Waals surface area contributed by atoms with Crippen molar-refractivity contribution in [1.29, 1.82) is 0 Å². The van der Waals surface area contributed by atoms with Crippen LogP contribution in [0.1, 0.15) is 12.8 Å². The molecule has 3 aromatic carbocycles. The summed E-state index contributed by atoms with van der Waals surface area (Å²) in [5.41, 5.74) is 3.88. The van der Waals surface area contributed by atoms with Crippen molar-refractivity contribution >= 4 is 62.6 Å². The summed E-state index contributed by atoms with van der Waals surface area (Å²) in [5, 5.41) is 8.65. The summed E-state index contributed by atoms with van der Waals surface area (Å²) >= 11 is 2.28. The normalized spacial score (nSPS) is 10.7. The quantitative estimate of drug-likeness (QED) is 0.321. The standard InChI is InChI=1S/C23H18N2O4S2/c26-21(27)13-14-22(28)29-31-23-24-19-12-11-18(15-20(19)30-23)25(16-7-3-1-4-8-16)17-9-5-2-6-10-17/h1-12,15H,13-14H2,(H,26,27). The topological polar surface area (TPSA) is 79.7 Å².